The highest BCUT2D eigenvalue weighted by Gasteiger charge is 2.36. The molecule has 13 heteroatoms. The van der Waals surface area contributed by atoms with Crippen LogP contribution in [0.15, 0.2) is 42.5 Å². The van der Waals surface area contributed by atoms with E-state index in [4.69, 9.17) is 33.0 Å². The van der Waals surface area contributed by atoms with Gasteiger partial charge in [0.2, 0.25) is 11.8 Å². The zero-order valence-electron chi connectivity index (χ0n) is 20.2. The Labute approximate surface area is 233 Å². The minimum Gasteiger partial charge on any atom is -0.481 e. The van der Waals surface area contributed by atoms with Gasteiger partial charge in [0, 0.05) is 24.3 Å². The normalized spacial score (nSPS) is 15.4. The van der Waals surface area contributed by atoms with Gasteiger partial charge in [-0.05, 0) is 29.8 Å². The smallest absolute Gasteiger partial charge is 0.328 e. The Morgan fingerprint density at radius 1 is 1.08 bits per heavy atom. The molecule has 1 heterocycles. The Hall–Kier alpha value is -3.28. The number of methoxy groups -OCH3 is 1. The zero-order chi connectivity index (χ0) is 27.8. The molecule has 0 aliphatic carbocycles. The number of benzene rings is 2. The van der Waals surface area contributed by atoms with Gasteiger partial charge >= 0.3 is 11.9 Å². The van der Waals surface area contributed by atoms with E-state index in [0.717, 1.165) is 0 Å². The standard InChI is InChI=1S/C25H25Cl2N3O7S/c1-37-25(36)18(29-23(34)19-12-38-13-30(19)20(31)9-10-21(32)33)11-14-5-7-15(8-6-14)28-24(35)22-16(26)3-2-4-17(22)27/h2-8,18-19H,9-13H2,1H3,(H,28,35)(H,29,34)(H,32,33). The lowest BCUT2D eigenvalue weighted by Gasteiger charge is -2.25. The summed E-state index contributed by atoms with van der Waals surface area (Å²) in [5, 5.41) is 14.6. The first-order valence-electron chi connectivity index (χ1n) is 11.4. The van der Waals surface area contributed by atoms with Crippen LogP contribution in [0.5, 0.6) is 0 Å². The number of carbonyl (C=O) groups is 5. The zero-order valence-corrected chi connectivity index (χ0v) is 22.6. The van der Waals surface area contributed by atoms with Gasteiger partial charge in [0.15, 0.2) is 0 Å². The highest BCUT2D eigenvalue weighted by Crippen LogP contribution is 2.26. The molecule has 202 valence electrons. The summed E-state index contributed by atoms with van der Waals surface area (Å²) in [5.41, 5.74) is 1.28. The second-order valence-electron chi connectivity index (χ2n) is 8.31. The van der Waals surface area contributed by atoms with Crippen molar-refractivity contribution in [1.29, 1.82) is 0 Å². The van der Waals surface area contributed by atoms with Crippen molar-refractivity contribution in [3.8, 4) is 0 Å². The molecule has 1 aliphatic heterocycles. The van der Waals surface area contributed by atoms with Gasteiger partial charge in [0.1, 0.15) is 12.1 Å². The van der Waals surface area contributed by atoms with Gasteiger partial charge < -0.3 is 25.4 Å². The molecule has 1 fully saturated rings. The molecule has 3 N–H and O–H groups in total. The molecule has 1 aliphatic rings. The van der Waals surface area contributed by atoms with Gasteiger partial charge in [-0.15, -0.1) is 11.8 Å². The topological polar surface area (TPSA) is 142 Å². The van der Waals surface area contributed by atoms with E-state index in [0.29, 0.717) is 17.0 Å². The quantitative estimate of drug-likeness (QED) is 0.363. The first kappa shape index (κ1) is 29.3. The van der Waals surface area contributed by atoms with E-state index in [1.165, 1.54) is 23.8 Å². The first-order chi connectivity index (χ1) is 18.1. The number of anilines is 1. The third-order valence-electron chi connectivity index (χ3n) is 5.70. The Balaban J connectivity index is 1.65. The van der Waals surface area contributed by atoms with E-state index < -0.39 is 41.7 Å². The number of amides is 3. The van der Waals surface area contributed by atoms with Crippen molar-refractivity contribution in [2.75, 3.05) is 24.1 Å². The number of nitrogens with zero attached hydrogens (tertiary/aromatic N) is 1. The molecule has 1 saturated heterocycles. The summed E-state index contributed by atoms with van der Waals surface area (Å²) in [6.07, 6.45) is -0.456. The molecule has 3 rings (SSSR count). The van der Waals surface area contributed by atoms with Crippen LogP contribution < -0.4 is 10.6 Å². The van der Waals surface area contributed by atoms with Crippen molar-refractivity contribution >= 4 is 70.3 Å². The number of hydrogen-bond donors (Lipinski definition) is 3. The molecular weight excluding hydrogens is 557 g/mol. The first-order valence-corrected chi connectivity index (χ1v) is 13.3. The Kier molecular flexibility index (Phi) is 10.4. The molecule has 0 spiro atoms. The molecule has 2 atom stereocenters. The lowest BCUT2D eigenvalue weighted by atomic mass is 10.0. The third-order valence-corrected chi connectivity index (χ3v) is 7.34. The number of carboxylic acids is 1. The van der Waals surface area contributed by atoms with Gasteiger partial charge in [-0.2, -0.15) is 0 Å². The van der Waals surface area contributed by atoms with Gasteiger partial charge in [0.05, 0.1) is 35.0 Å². The highest BCUT2D eigenvalue weighted by atomic mass is 35.5. The predicted octanol–water partition coefficient (Wildman–Crippen LogP) is 3.21. The van der Waals surface area contributed by atoms with E-state index >= 15 is 0 Å². The molecule has 0 radical (unpaired) electrons. The SMILES string of the molecule is COC(=O)C(Cc1ccc(NC(=O)c2c(Cl)cccc2Cl)cc1)NC(=O)C1CSCN1C(=O)CCC(=O)O. The number of carboxylic acid groups (broad SMARTS) is 1. The number of aliphatic carboxylic acids is 1. The summed E-state index contributed by atoms with van der Waals surface area (Å²) in [4.78, 5) is 62.5. The fourth-order valence-corrected chi connectivity index (χ4v) is 5.48. The van der Waals surface area contributed by atoms with Crippen LogP contribution in [0, 0.1) is 0 Å². The third kappa shape index (κ3) is 7.62. The number of hydrogen-bond acceptors (Lipinski definition) is 7. The van der Waals surface area contributed by atoms with Gasteiger partial charge in [-0.25, -0.2) is 4.79 Å². The van der Waals surface area contributed by atoms with Crippen molar-refractivity contribution in [1.82, 2.24) is 10.2 Å². The van der Waals surface area contributed by atoms with Crippen LogP contribution >= 0.6 is 35.0 Å². The second kappa shape index (κ2) is 13.5. The lowest BCUT2D eigenvalue weighted by Crippen LogP contribution is -2.52. The van der Waals surface area contributed by atoms with Gasteiger partial charge in [-0.3, -0.25) is 19.2 Å². The van der Waals surface area contributed by atoms with Crippen molar-refractivity contribution in [2.24, 2.45) is 0 Å². The maximum absolute atomic E-state index is 13.0. The number of ether oxygens (including phenoxy) is 1. The summed E-state index contributed by atoms with van der Waals surface area (Å²) >= 11 is 13.5. The van der Waals surface area contributed by atoms with Crippen LogP contribution in [0.3, 0.4) is 0 Å². The second-order valence-corrected chi connectivity index (χ2v) is 10.1. The molecule has 0 aromatic heterocycles. The highest BCUT2D eigenvalue weighted by molar-refractivity contribution is 7.99. The molecule has 0 saturated carbocycles. The number of thioether (sulfide) groups is 1. The van der Waals surface area contributed by atoms with E-state index in [2.05, 4.69) is 10.6 Å². The number of esters is 1. The monoisotopic (exact) mass is 581 g/mol. The number of rotatable bonds is 10. The molecule has 3 amide bonds. The molecule has 2 unspecified atom stereocenters. The molecule has 38 heavy (non-hydrogen) atoms. The number of halogens is 2. The molecular formula is C25H25Cl2N3O7S. The fourth-order valence-electron chi connectivity index (χ4n) is 3.73. The van der Waals surface area contributed by atoms with Crippen molar-refractivity contribution in [3.05, 3.63) is 63.6 Å². The van der Waals surface area contributed by atoms with E-state index in [1.54, 1.807) is 42.5 Å². The minimum absolute atomic E-state index is 0.0931. The van der Waals surface area contributed by atoms with E-state index in [-0.39, 0.29) is 40.7 Å². The van der Waals surface area contributed by atoms with Crippen molar-refractivity contribution in [3.63, 3.8) is 0 Å². The molecule has 10 nitrogen and oxygen atoms in total. The van der Waals surface area contributed by atoms with Crippen LogP contribution in [0.2, 0.25) is 10.0 Å². The van der Waals surface area contributed by atoms with E-state index in [1.807, 2.05) is 0 Å². The number of nitrogens with one attached hydrogen (secondary N) is 2. The molecule has 2 aromatic carbocycles. The largest absolute Gasteiger partial charge is 0.481 e. The van der Waals surface area contributed by atoms with Crippen LogP contribution in [-0.2, 0) is 30.3 Å². The summed E-state index contributed by atoms with van der Waals surface area (Å²) in [6, 6.07) is 9.50. The van der Waals surface area contributed by atoms with Crippen LogP contribution in [0.25, 0.3) is 0 Å². The molecule has 2 aromatic rings. The Morgan fingerprint density at radius 3 is 2.34 bits per heavy atom. The lowest BCUT2D eigenvalue weighted by molar-refractivity contribution is -0.146. The maximum atomic E-state index is 13.0. The molecule has 0 bridgehead atoms. The summed E-state index contributed by atoms with van der Waals surface area (Å²) in [7, 11) is 1.20. The van der Waals surface area contributed by atoms with Crippen molar-refractivity contribution in [2.45, 2.75) is 31.3 Å². The number of carbonyl (C=O) groups excluding carboxylic acids is 4. The Morgan fingerprint density at radius 2 is 1.74 bits per heavy atom. The van der Waals surface area contributed by atoms with Gasteiger partial charge in [0.25, 0.3) is 5.91 Å². The average Bonchev–Trinajstić information content (AvgIpc) is 3.37. The van der Waals surface area contributed by atoms with E-state index in [9.17, 15) is 24.0 Å². The van der Waals surface area contributed by atoms with Crippen LogP contribution in [0.4, 0.5) is 5.69 Å². The average molecular weight is 582 g/mol. The van der Waals surface area contributed by atoms with Gasteiger partial charge in [-0.1, -0.05) is 41.4 Å². The summed E-state index contributed by atoms with van der Waals surface area (Å²) in [6.45, 7) is 0. The van der Waals surface area contributed by atoms with Crippen LogP contribution in [0.1, 0.15) is 28.8 Å². The Bertz CT molecular complexity index is 1210. The summed E-state index contributed by atoms with van der Waals surface area (Å²) in [5.74, 6) is -2.65. The fraction of sp³-hybridized carbons (Fsp3) is 0.320. The van der Waals surface area contributed by atoms with Crippen molar-refractivity contribution < 1.29 is 33.8 Å². The van der Waals surface area contributed by atoms with Crippen LogP contribution in [-0.4, -0.2) is 70.5 Å². The predicted molar refractivity (Wildman–Crippen MR) is 143 cm³/mol. The maximum Gasteiger partial charge on any atom is 0.328 e. The summed E-state index contributed by atoms with van der Waals surface area (Å²) < 4.78 is 4.85. The minimum atomic E-state index is -1.10.